The molecule has 0 radical (unpaired) electrons. The molecule has 0 amide bonds. The van der Waals surface area contributed by atoms with E-state index in [4.69, 9.17) is 4.74 Å². The molecule has 1 heterocycles. The maximum absolute atomic E-state index is 7.56. The zero-order valence-electron chi connectivity index (χ0n) is 30.1. The van der Waals surface area contributed by atoms with Crippen molar-refractivity contribution in [1.29, 1.82) is 0 Å². The summed E-state index contributed by atoms with van der Waals surface area (Å²) in [5.41, 5.74) is 11.8. The molecule has 252 valence electrons. The molecule has 7 aliphatic rings. The van der Waals surface area contributed by atoms with Gasteiger partial charge >= 0.3 is 0 Å². The number of allylic oxidation sites excluding steroid dienone is 2. The smallest absolute Gasteiger partial charge is 0.155 e. The molecular weight excluding hydrogens is 607 g/mol. The van der Waals surface area contributed by atoms with Crippen LogP contribution in [-0.4, -0.2) is 6.04 Å². The van der Waals surface area contributed by atoms with E-state index in [-0.39, 0.29) is 22.3 Å². The van der Waals surface area contributed by atoms with Crippen LogP contribution in [0, 0.1) is 29.1 Å². The average Bonchev–Trinajstić information content (AvgIpc) is 3.66. The summed E-state index contributed by atoms with van der Waals surface area (Å²) < 4.78 is 7.56. The number of ether oxygens (including phenoxy) is 1. The van der Waals surface area contributed by atoms with E-state index in [1.807, 2.05) is 0 Å². The molecule has 0 N–H and O–H groups in total. The fourth-order valence-electron chi connectivity index (χ4n) is 13.3. The van der Waals surface area contributed by atoms with E-state index >= 15 is 0 Å². The van der Waals surface area contributed by atoms with E-state index in [0.717, 1.165) is 29.8 Å². The van der Waals surface area contributed by atoms with Crippen molar-refractivity contribution in [1.82, 2.24) is 0 Å². The number of benzene rings is 4. The molecule has 0 saturated heterocycles. The lowest BCUT2D eigenvalue weighted by atomic mass is 9.26. The van der Waals surface area contributed by atoms with Crippen molar-refractivity contribution >= 4 is 11.4 Å². The Morgan fingerprint density at radius 3 is 2.16 bits per heavy atom. The summed E-state index contributed by atoms with van der Waals surface area (Å²) in [5, 5.41) is 0. The maximum atomic E-state index is 7.56. The molecular formula is C48H49NO. The standard InChI is InChI=1S/C48H49NO/c1-45(2)24-25-46(3,4)42-35(45)19-12-22-38(42)49(33-16-9-6-10-17-33)39-23-13-21-37-44(39)50-43-34(31-14-7-5-8-15-31)18-11-20-36(43)48(37)40-27-30-26-32-28-41(48)47(32,40)29-30/h5-16,18-23,30,32-33,40-41H,17,24-29H2,1-4H3. The summed E-state index contributed by atoms with van der Waals surface area (Å²) >= 11 is 0. The van der Waals surface area contributed by atoms with Crippen LogP contribution < -0.4 is 9.64 Å². The molecule has 2 spiro atoms. The first-order valence-electron chi connectivity index (χ1n) is 19.5. The lowest BCUT2D eigenvalue weighted by molar-refractivity contribution is -0.235. The van der Waals surface area contributed by atoms with Crippen LogP contribution in [0.3, 0.4) is 0 Å². The third-order valence-electron chi connectivity index (χ3n) is 15.3. The second-order valence-electron chi connectivity index (χ2n) is 18.3. The van der Waals surface area contributed by atoms with Gasteiger partial charge < -0.3 is 9.64 Å². The van der Waals surface area contributed by atoms with E-state index in [9.17, 15) is 0 Å². The van der Waals surface area contributed by atoms with Gasteiger partial charge in [0.05, 0.1) is 11.7 Å². The number of hydrogen-bond donors (Lipinski definition) is 0. The van der Waals surface area contributed by atoms with Gasteiger partial charge in [0.15, 0.2) is 5.75 Å². The van der Waals surface area contributed by atoms with Crippen LogP contribution in [0.2, 0.25) is 0 Å². The highest BCUT2D eigenvalue weighted by Gasteiger charge is 2.84. The summed E-state index contributed by atoms with van der Waals surface area (Å²) in [6, 6.07) is 32.7. The van der Waals surface area contributed by atoms with Crippen LogP contribution in [0.4, 0.5) is 11.4 Å². The van der Waals surface area contributed by atoms with Gasteiger partial charge in [-0.15, -0.1) is 0 Å². The van der Waals surface area contributed by atoms with Gasteiger partial charge in [-0.25, -0.2) is 0 Å². The summed E-state index contributed by atoms with van der Waals surface area (Å²) in [4.78, 5) is 2.70. The molecule has 7 atom stereocenters. The van der Waals surface area contributed by atoms with Gasteiger partial charge in [0.2, 0.25) is 0 Å². The molecule has 4 fully saturated rings. The number of fused-ring (bicyclic) bond motifs is 8. The van der Waals surface area contributed by atoms with Crippen LogP contribution in [0.25, 0.3) is 11.1 Å². The molecule has 2 nitrogen and oxygen atoms in total. The van der Waals surface area contributed by atoms with Crippen molar-refractivity contribution in [3.05, 3.63) is 131 Å². The Labute approximate surface area is 298 Å². The Morgan fingerprint density at radius 1 is 0.660 bits per heavy atom. The Balaban J connectivity index is 1.18. The highest BCUT2D eigenvalue weighted by Crippen LogP contribution is 2.89. The predicted molar refractivity (Wildman–Crippen MR) is 205 cm³/mol. The molecule has 50 heavy (non-hydrogen) atoms. The van der Waals surface area contributed by atoms with Crippen molar-refractivity contribution in [3.63, 3.8) is 0 Å². The first-order chi connectivity index (χ1) is 24.2. The fourth-order valence-corrected chi connectivity index (χ4v) is 13.3. The Bertz CT molecular complexity index is 2140. The minimum atomic E-state index is 0.0146. The molecule has 4 aromatic rings. The van der Waals surface area contributed by atoms with E-state index < -0.39 is 0 Å². The van der Waals surface area contributed by atoms with Crippen molar-refractivity contribution in [3.8, 4) is 22.6 Å². The number of para-hydroxylation sites is 2. The summed E-state index contributed by atoms with van der Waals surface area (Å²) in [6.07, 6.45) is 18.3. The van der Waals surface area contributed by atoms with Crippen molar-refractivity contribution in [2.45, 2.75) is 94.9 Å². The Morgan fingerprint density at radius 2 is 1.38 bits per heavy atom. The maximum Gasteiger partial charge on any atom is 0.155 e. The van der Waals surface area contributed by atoms with E-state index in [2.05, 4.69) is 142 Å². The lowest BCUT2D eigenvalue weighted by Gasteiger charge is -2.77. The van der Waals surface area contributed by atoms with E-state index in [1.165, 1.54) is 83.3 Å². The fraction of sp³-hybridized carbons (Fsp3) is 0.417. The van der Waals surface area contributed by atoms with Crippen molar-refractivity contribution in [2.24, 2.45) is 29.1 Å². The SMILES string of the molecule is CC1(C)CCC(C)(C)c2c(N(c3cccc4c3Oc3c(-c5ccccc5)cccc3C43C4CC5CC6CC3C64C5)C3C=CC=CC3)cccc21. The van der Waals surface area contributed by atoms with E-state index in [1.54, 1.807) is 0 Å². The van der Waals surface area contributed by atoms with Gasteiger partial charge in [0.1, 0.15) is 5.75 Å². The Hall–Kier alpha value is -4.04. The van der Waals surface area contributed by atoms with Crippen LogP contribution in [-0.2, 0) is 16.2 Å². The number of hydrogen-bond acceptors (Lipinski definition) is 2. The summed E-state index contributed by atoms with van der Waals surface area (Å²) in [6.45, 7) is 9.85. The molecule has 11 rings (SSSR count). The largest absolute Gasteiger partial charge is 0.454 e. The Kier molecular flexibility index (Phi) is 5.84. The van der Waals surface area contributed by atoms with Gasteiger partial charge in [0, 0.05) is 27.8 Å². The molecule has 6 aliphatic carbocycles. The summed E-state index contributed by atoms with van der Waals surface area (Å²) in [7, 11) is 0. The van der Waals surface area contributed by atoms with Gasteiger partial charge in [0.25, 0.3) is 0 Å². The van der Waals surface area contributed by atoms with Gasteiger partial charge in [-0.05, 0) is 114 Å². The van der Waals surface area contributed by atoms with Gasteiger partial charge in [-0.3, -0.25) is 0 Å². The monoisotopic (exact) mass is 655 g/mol. The normalized spacial score (nSPS) is 33.7. The van der Waals surface area contributed by atoms with Crippen LogP contribution in [0.5, 0.6) is 11.5 Å². The third-order valence-corrected chi connectivity index (χ3v) is 15.3. The number of anilines is 2. The third kappa shape index (κ3) is 3.51. The first kappa shape index (κ1) is 29.7. The summed E-state index contributed by atoms with van der Waals surface area (Å²) in [5.74, 6) is 5.47. The highest BCUT2D eigenvalue weighted by molar-refractivity contribution is 5.83. The zero-order valence-corrected chi connectivity index (χ0v) is 30.1. The quantitative estimate of drug-likeness (QED) is 0.217. The van der Waals surface area contributed by atoms with Crippen LogP contribution in [0.1, 0.15) is 94.9 Å². The molecule has 4 saturated carbocycles. The second kappa shape index (κ2) is 9.84. The average molecular weight is 656 g/mol. The first-order valence-corrected chi connectivity index (χ1v) is 19.5. The van der Waals surface area contributed by atoms with Crippen LogP contribution in [0.15, 0.2) is 109 Å². The van der Waals surface area contributed by atoms with Crippen molar-refractivity contribution in [2.75, 3.05) is 4.90 Å². The zero-order chi connectivity index (χ0) is 33.6. The number of nitrogens with zero attached hydrogens (tertiary/aromatic N) is 1. The second-order valence-corrected chi connectivity index (χ2v) is 18.3. The molecule has 7 unspecified atom stereocenters. The van der Waals surface area contributed by atoms with Gasteiger partial charge in [-0.2, -0.15) is 0 Å². The van der Waals surface area contributed by atoms with E-state index in [0.29, 0.717) is 17.3 Å². The molecule has 1 aliphatic heterocycles. The van der Waals surface area contributed by atoms with Gasteiger partial charge in [-0.1, -0.05) is 125 Å². The minimum absolute atomic E-state index is 0.0146. The van der Waals surface area contributed by atoms with Crippen LogP contribution >= 0.6 is 0 Å². The topological polar surface area (TPSA) is 12.5 Å². The highest BCUT2D eigenvalue weighted by atomic mass is 16.5. The lowest BCUT2D eigenvalue weighted by Crippen LogP contribution is -2.74. The molecule has 2 bridgehead atoms. The molecule has 0 aromatic heterocycles. The molecule has 2 heteroatoms. The van der Waals surface area contributed by atoms with Crippen molar-refractivity contribution < 1.29 is 4.74 Å². The predicted octanol–water partition coefficient (Wildman–Crippen LogP) is 12.2. The molecule has 4 aromatic carbocycles. The number of rotatable bonds is 4. The minimum Gasteiger partial charge on any atom is -0.454 e.